The van der Waals surface area contributed by atoms with Crippen LogP contribution in [0.4, 0.5) is 30.2 Å². The standard InChI is InChI=1S/C26H29ClN4O3S.C2HF3O2/c1-2-15-30-16-18-31(19-17-30)24-11-9-23(10-12-24)29-35(33,34)25-13-3-20(4-14-25)26(32)28-22-7-5-21(27)6-8-22;3-2(4,5)1(6)7/h3-14,29H,2,15-19H2,1H3,(H,28,32);(H,6,7). The van der Waals surface area contributed by atoms with E-state index in [1.165, 1.54) is 24.3 Å². The van der Waals surface area contributed by atoms with E-state index in [-0.39, 0.29) is 10.8 Å². The van der Waals surface area contributed by atoms with E-state index in [2.05, 4.69) is 26.8 Å². The molecular weight excluding hydrogens is 597 g/mol. The fourth-order valence-corrected chi connectivity index (χ4v) is 5.21. The summed E-state index contributed by atoms with van der Waals surface area (Å²) in [5, 5.41) is 10.5. The number of aliphatic carboxylic acids is 1. The second-order valence-electron chi connectivity index (χ2n) is 9.27. The summed E-state index contributed by atoms with van der Waals surface area (Å²) in [6.45, 7) is 7.32. The minimum absolute atomic E-state index is 0.0802. The van der Waals surface area contributed by atoms with Crippen molar-refractivity contribution in [1.82, 2.24) is 4.90 Å². The average Bonchev–Trinajstić information content (AvgIpc) is 2.95. The number of benzene rings is 3. The lowest BCUT2D eigenvalue weighted by Crippen LogP contribution is -2.46. The molecule has 0 bridgehead atoms. The molecule has 0 atom stereocenters. The van der Waals surface area contributed by atoms with Crippen molar-refractivity contribution in [3.8, 4) is 0 Å². The van der Waals surface area contributed by atoms with Crippen LogP contribution in [0.25, 0.3) is 0 Å². The Morgan fingerprint density at radius 2 is 1.40 bits per heavy atom. The van der Waals surface area contributed by atoms with E-state index in [1.54, 1.807) is 36.4 Å². The molecule has 0 unspecified atom stereocenters. The summed E-state index contributed by atoms with van der Waals surface area (Å²) in [6.07, 6.45) is -3.92. The van der Waals surface area contributed by atoms with Gasteiger partial charge in [-0.15, -0.1) is 0 Å². The maximum Gasteiger partial charge on any atom is 0.490 e. The van der Waals surface area contributed by atoms with E-state index in [0.717, 1.165) is 44.8 Å². The van der Waals surface area contributed by atoms with Crippen LogP contribution in [0.3, 0.4) is 0 Å². The fourth-order valence-electron chi connectivity index (χ4n) is 4.02. The van der Waals surface area contributed by atoms with E-state index >= 15 is 0 Å². The van der Waals surface area contributed by atoms with Gasteiger partial charge in [-0.2, -0.15) is 13.2 Å². The highest BCUT2D eigenvalue weighted by Crippen LogP contribution is 2.23. The van der Waals surface area contributed by atoms with Gasteiger partial charge in [0.15, 0.2) is 0 Å². The van der Waals surface area contributed by atoms with Gasteiger partial charge < -0.3 is 15.3 Å². The van der Waals surface area contributed by atoms with E-state index in [1.807, 2.05) is 12.1 Å². The molecule has 4 rings (SSSR count). The molecule has 0 aromatic heterocycles. The number of piperazine rings is 1. The number of carboxylic acid groups (broad SMARTS) is 1. The largest absolute Gasteiger partial charge is 0.490 e. The molecular formula is C28H30ClF3N4O5S. The molecule has 3 aromatic carbocycles. The molecule has 226 valence electrons. The monoisotopic (exact) mass is 626 g/mol. The second-order valence-corrected chi connectivity index (χ2v) is 11.4. The Kier molecular flexibility index (Phi) is 11.2. The molecule has 14 heteroatoms. The number of nitrogens with zero attached hydrogens (tertiary/aromatic N) is 2. The lowest BCUT2D eigenvalue weighted by Gasteiger charge is -2.36. The first kappa shape index (κ1) is 32.7. The smallest absolute Gasteiger partial charge is 0.475 e. The zero-order chi connectivity index (χ0) is 30.9. The zero-order valence-corrected chi connectivity index (χ0v) is 24.1. The number of sulfonamides is 1. The lowest BCUT2D eigenvalue weighted by atomic mass is 10.2. The molecule has 1 fully saturated rings. The summed E-state index contributed by atoms with van der Waals surface area (Å²) in [6, 6.07) is 20.0. The van der Waals surface area contributed by atoms with Crippen molar-refractivity contribution in [2.24, 2.45) is 0 Å². The number of alkyl halides is 3. The van der Waals surface area contributed by atoms with Crippen LogP contribution in [0.15, 0.2) is 77.7 Å². The van der Waals surface area contributed by atoms with E-state index in [0.29, 0.717) is 22.0 Å². The predicted octanol–water partition coefficient (Wildman–Crippen LogP) is 5.56. The number of carboxylic acids is 1. The van der Waals surface area contributed by atoms with Crippen molar-refractivity contribution in [2.45, 2.75) is 24.4 Å². The van der Waals surface area contributed by atoms with Crippen LogP contribution in [0, 0.1) is 0 Å². The molecule has 1 heterocycles. The van der Waals surface area contributed by atoms with Crippen molar-refractivity contribution < 1.29 is 36.3 Å². The number of hydrogen-bond acceptors (Lipinski definition) is 6. The predicted molar refractivity (Wildman–Crippen MR) is 156 cm³/mol. The number of hydrogen-bond donors (Lipinski definition) is 3. The summed E-state index contributed by atoms with van der Waals surface area (Å²) < 4.78 is 60.1. The molecule has 3 aromatic rings. The molecule has 0 aliphatic carbocycles. The SMILES string of the molecule is CCCN1CCN(c2ccc(NS(=O)(=O)c3ccc(C(=O)Nc4ccc(Cl)cc4)cc3)cc2)CC1.O=C(O)C(F)(F)F. The van der Waals surface area contributed by atoms with Gasteiger partial charge in [0.1, 0.15) is 0 Å². The molecule has 1 saturated heterocycles. The molecule has 1 aliphatic heterocycles. The number of carbonyl (C=O) groups is 2. The van der Waals surface area contributed by atoms with Crippen molar-refractivity contribution in [3.63, 3.8) is 0 Å². The van der Waals surface area contributed by atoms with Crippen LogP contribution in [-0.4, -0.2) is 69.2 Å². The van der Waals surface area contributed by atoms with Crippen LogP contribution < -0.4 is 14.9 Å². The quantitative estimate of drug-likeness (QED) is 0.300. The Balaban J connectivity index is 0.000000616. The normalized spacial score (nSPS) is 14.0. The van der Waals surface area contributed by atoms with Gasteiger partial charge in [0, 0.05) is 53.8 Å². The van der Waals surface area contributed by atoms with Crippen molar-refractivity contribution in [1.29, 1.82) is 0 Å². The summed E-state index contributed by atoms with van der Waals surface area (Å²) in [4.78, 5) is 26.2. The highest BCUT2D eigenvalue weighted by Gasteiger charge is 2.38. The van der Waals surface area contributed by atoms with Crippen LogP contribution in [0.1, 0.15) is 23.7 Å². The molecule has 0 radical (unpaired) electrons. The van der Waals surface area contributed by atoms with Crippen molar-refractivity contribution >= 4 is 50.6 Å². The maximum absolute atomic E-state index is 12.8. The Morgan fingerprint density at radius 3 is 1.90 bits per heavy atom. The van der Waals surface area contributed by atoms with Gasteiger partial charge in [-0.1, -0.05) is 18.5 Å². The fraction of sp³-hybridized carbons (Fsp3) is 0.286. The number of nitrogens with one attached hydrogen (secondary N) is 2. The molecule has 0 spiro atoms. The van der Waals surface area contributed by atoms with E-state index in [4.69, 9.17) is 21.5 Å². The third-order valence-corrected chi connectivity index (χ3v) is 7.82. The van der Waals surface area contributed by atoms with Gasteiger partial charge >= 0.3 is 12.1 Å². The molecule has 42 heavy (non-hydrogen) atoms. The van der Waals surface area contributed by atoms with Gasteiger partial charge in [-0.25, -0.2) is 13.2 Å². The van der Waals surface area contributed by atoms with Gasteiger partial charge in [0.2, 0.25) is 0 Å². The number of halogens is 4. The zero-order valence-electron chi connectivity index (χ0n) is 22.6. The van der Waals surface area contributed by atoms with Crippen molar-refractivity contribution in [2.75, 3.05) is 47.7 Å². The van der Waals surface area contributed by atoms with Crippen LogP contribution >= 0.6 is 11.6 Å². The summed E-state index contributed by atoms with van der Waals surface area (Å²) in [5.41, 5.74) is 2.52. The van der Waals surface area contributed by atoms with Gasteiger partial charge in [0.05, 0.1) is 4.90 Å². The Labute approximate surface area is 246 Å². The molecule has 0 saturated carbocycles. The number of amides is 1. The lowest BCUT2D eigenvalue weighted by molar-refractivity contribution is -0.192. The third-order valence-electron chi connectivity index (χ3n) is 6.17. The minimum atomic E-state index is -5.08. The van der Waals surface area contributed by atoms with Gasteiger partial charge in [-0.3, -0.25) is 14.4 Å². The highest BCUT2D eigenvalue weighted by atomic mass is 35.5. The molecule has 1 aliphatic rings. The first-order chi connectivity index (χ1) is 19.8. The maximum atomic E-state index is 12.8. The molecule has 3 N–H and O–H groups in total. The van der Waals surface area contributed by atoms with Crippen LogP contribution in [-0.2, 0) is 14.8 Å². The number of rotatable bonds is 8. The van der Waals surface area contributed by atoms with Crippen molar-refractivity contribution in [3.05, 3.63) is 83.4 Å². The van der Waals surface area contributed by atoms with E-state index in [9.17, 15) is 26.4 Å². The Bertz CT molecular complexity index is 1440. The van der Waals surface area contributed by atoms with Crippen LogP contribution in [0.2, 0.25) is 5.02 Å². The minimum Gasteiger partial charge on any atom is -0.475 e. The summed E-state index contributed by atoms with van der Waals surface area (Å²) in [7, 11) is -3.79. The third kappa shape index (κ3) is 9.64. The highest BCUT2D eigenvalue weighted by molar-refractivity contribution is 7.92. The first-order valence-corrected chi connectivity index (χ1v) is 14.7. The molecule has 9 nitrogen and oxygen atoms in total. The number of carbonyl (C=O) groups excluding carboxylic acids is 1. The summed E-state index contributed by atoms with van der Waals surface area (Å²) >= 11 is 5.86. The summed E-state index contributed by atoms with van der Waals surface area (Å²) in [5.74, 6) is -3.09. The van der Waals surface area contributed by atoms with Gasteiger partial charge in [-0.05, 0) is 85.8 Å². The first-order valence-electron chi connectivity index (χ1n) is 12.9. The van der Waals surface area contributed by atoms with Gasteiger partial charge in [0.25, 0.3) is 15.9 Å². The molecule has 1 amide bonds. The second kappa shape index (κ2) is 14.4. The Hall–Kier alpha value is -3.81. The topological polar surface area (TPSA) is 119 Å². The van der Waals surface area contributed by atoms with E-state index < -0.39 is 22.2 Å². The Morgan fingerprint density at radius 1 is 0.881 bits per heavy atom. The average molecular weight is 627 g/mol. The van der Waals surface area contributed by atoms with Crippen LogP contribution in [0.5, 0.6) is 0 Å². The number of anilines is 3.